The summed E-state index contributed by atoms with van der Waals surface area (Å²) in [5.41, 5.74) is 7.55. The lowest BCUT2D eigenvalue weighted by Crippen LogP contribution is -2.16. The van der Waals surface area contributed by atoms with Crippen LogP contribution in [-0.4, -0.2) is 29.3 Å². The fraction of sp³-hybridized carbons (Fsp3) is 0.320. The number of fused-ring (bicyclic) bond motifs is 1. The SMILES string of the molecule is CCOC(=O)CC1=CC(SCC(=O)Nc2cccc(C)c2C)=Nc2cc(C)c(C)cc2N1. The van der Waals surface area contributed by atoms with E-state index in [0.717, 1.165) is 39.3 Å². The van der Waals surface area contributed by atoms with E-state index in [0.29, 0.717) is 17.3 Å². The summed E-state index contributed by atoms with van der Waals surface area (Å²) in [7, 11) is 0. The van der Waals surface area contributed by atoms with E-state index in [1.165, 1.54) is 11.8 Å². The molecule has 0 aromatic heterocycles. The maximum absolute atomic E-state index is 12.6. The first-order chi connectivity index (χ1) is 15.3. The first kappa shape index (κ1) is 23.6. The lowest BCUT2D eigenvalue weighted by Gasteiger charge is -2.12. The van der Waals surface area contributed by atoms with Gasteiger partial charge in [0.2, 0.25) is 5.91 Å². The molecule has 0 spiro atoms. The van der Waals surface area contributed by atoms with Gasteiger partial charge in [-0.2, -0.15) is 0 Å². The van der Waals surface area contributed by atoms with Crippen LogP contribution < -0.4 is 10.6 Å². The third-order valence-corrected chi connectivity index (χ3v) is 6.22. The van der Waals surface area contributed by atoms with Crippen LogP contribution in [0.1, 0.15) is 35.6 Å². The Kier molecular flexibility index (Phi) is 7.75. The average molecular weight is 452 g/mol. The molecule has 0 radical (unpaired) electrons. The molecule has 2 aromatic carbocycles. The van der Waals surface area contributed by atoms with E-state index in [9.17, 15) is 9.59 Å². The topological polar surface area (TPSA) is 79.8 Å². The van der Waals surface area contributed by atoms with Gasteiger partial charge in [0.15, 0.2) is 0 Å². The van der Waals surface area contributed by atoms with Crippen LogP contribution in [0.2, 0.25) is 0 Å². The standard InChI is InChI=1S/C25H29N3O3S/c1-6-31-25(30)13-19-12-24(28-22-11-17(4)16(3)10-21(22)26-19)32-14-23(29)27-20-9-7-8-15(2)18(20)5/h7-12,26H,6,13-14H2,1-5H3,(H,27,29). The Morgan fingerprint density at radius 1 is 1.09 bits per heavy atom. The molecule has 3 rings (SSSR count). The average Bonchev–Trinajstić information content (AvgIpc) is 2.89. The van der Waals surface area contributed by atoms with Gasteiger partial charge < -0.3 is 15.4 Å². The van der Waals surface area contributed by atoms with Gasteiger partial charge in [-0.25, -0.2) is 4.99 Å². The number of anilines is 2. The minimum absolute atomic E-state index is 0.106. The summed E-state index contributed by atoms with van der Waals surface area (Å²) < 4.78 is 5.11. The maximum atomic E-state index is 12.6. The number of hydrogen-bond acceptors (Lipinski definition) is 6. The lowest BCUT2D eigenvalue weighted by atomic mass is 10.1. The fourth-order valence-corrected chi connectivity index (χ4v) is 3.99. The Balaban J connectivity index is 1.80. The zero-order valence-electron chi connectivity index (χ0n) is 19.2. The summed E-state index contributed by atoms with van der Waals surface area (Å²) in [6.45, 7) is 10.2. The van der Waals surface area contributed by atoms with Gasteiger partial charge in [0.25, 0.3) is 0 Å². The molecule has 0 saturated carbocycles. The number of nitrogens with one attached hydrogen (secondary N) is 2. The summed E-state index contributed by atoms with van der Waals surface area (Å²) in [6, 6.07) is 9.88. The molecule has 2 N–H and O–H groups in total. The first-order valence-electron chi connectivity index (χ1n) is 10.6. The zero-order valence-corrected chi connectivity index (χ0v) is 20.0. The van der Waals surface area contributed by atoms with Crippen LogP contribution in [0.3, 0.4) is 0 Å². The molecule has 1 heterocycles. The number of ether oxygens (including phenoxy) is 1. The molecule has 168 valence electrons. The van der Waals surface area contributed by atoms with E-state index in [-0.39, 0.29) is 24.1 Å². The van der Waals surface area contributed by atoms with E-state index in [1.807, 2.05) is 64.1 Å². The normalized spacial score (nSPS) is 12.7. The second-order valence-corrected chi connectivity index (χ2v) is 8.76. The second kappa shape index (κ2) is 10.5. The van der Waals surface area contributed by atoms with E-state index in [2.05, 4.69) is 10.6 Å². The van der Waals surface area contributed by atoms with Crippen LogP contribution in [0.25, 0.3) is 0 Å². The number of hydrogen-bond donors (Lipinski definition) is 2. The van der Waals surface area contributed by atoms with Crippen LogP contribution in [0.15, 0.2) is 47.1 Å². The number of carbonyl (C=O) groups excluding carboxylic acids is 2. The molecule has 0 unspecified atom stereocenters. The Morgan fingerprint density at radius 3 is 2.59 bits per heavy atom. The number of carbonyl (C=O) groups is 2. The van der Waals surface area contributed by atoms with Crippen LogP contribution in [0, 0.1) is 27.7 Å². The number of esters is 1. The van der Waals surface area contributed by atoms with Crippen molar-refractivity contribution < 1.29 is 14.3 Å². The van der Waals surface area contributed by atoms with Gasteiger partial charge >= 0.3 is 5.97 Å². The second-order valence-electron chi connectivity index (χ2n) is 7.76. The molecule has 0 atom stereocenters. The Bertz CT molecular complexity index is 1110. The number of thioether (sulfide) groups is 1. The highest BCUT2D eigenvalue weighted by molar-refractivity contribution is 8.14. The van der Waals surface area contributed by atoms with Crippen molar-refractivity contribution in [2.45, 2.75) is 41.0 Å². The molecule has 0 saturated heterocycles. The van der Waals surface area contributed by atoms with Crippen LogP contribution in [0.4, 0.5) is 17.1 Å². The van der Waals surface area contributed by atoms with Gasteiger partial charge in [0.1, 0.15) is 0 Å². The largest absolute Gasteiger partial charge is 0.466 e. The summed E-state index contributed by atoms with van der Waals surface area (Å²) in [5.74, 6) is -0.213. The van der Waals surface area contributed by atoms with Crippen molar-refractivity contribution >= 4 is 45.7 Å². The monoisotopic (exact) mass is 451 g/mol. The molecule has 2 aromatic rings. The van der Waals surface area contributed by atoms with Gasteiger partial charge in [0, 0.05) is 11.4 Å². The van der Waals surface area contributed by atoms with Gasteiger partial charge in [0.05, 0.1) is 35.2 Å². The molecule has 1 aliphatic heterocycles. The summed E-state index contributed by atoms with van der Waals surface area (Å²) >= 11 is 1.34. The molecule has 0 fully saturated rings. The van der Waals surface area contributed by atoms with Crippen LogP contribution >= 0.6 is 11.8 Å². The third kappa shape index (κ3) is 6.01. The minimum atomic E-state index is -0.310. The summed E-state index contributed by atoms with van der Waals surface area (Å²) in [6.07, 6.45) is 1.92. The molecule has 7 heteroatoms. The zero-order chi connectivity index (χ0) is 23.3. The van der Waals surface area contributed by atoms with Gasteiger partial charge in [-0.1, -0.05) is 23.9 Å². The van der Waals surface area contributed by atoms with Crippen molar-refractivity contribution in [1.82, 2.24) is 0 Å². The highest BCUT2D eigenvalue weighted by Gasteiger charge is 2.17. The molecule has 32 heavy (non-hydrogen) atoms. The van der Waals surface area contributed by atoms with Gasteiger partial charge in [-0.05, 0) is 81.1 Å². The van der Waals surface area contributed by atoms with Crippen LogP contribution in [0.5, 0.6) is 0 Å². The minimum Gasteiger partial charge on any atom is -0.466 e. The Morgan fingerprint density at radius 2 is 1.84 bits per heavy atom. The Labute approximate surface area is 193 Å². The van der Waals surface area contributed by atoms with Crippen molar-refractivity contribution in [3.8, 4) is 0 Å². The number of aliphatic imine (C=N–C) groups is 1. The maximum Gasteiger partial charge on any atom is 0.311 e. The van der Waals surface area contributed by atoms with E-state index < -0.39 is 0 Å². The summed E-state index contributed by atoms with van der Waals surface area (Å²) in [4.78, 5) is 29.4. The third-order valence-electron chi connectivity index (χ3n) is 5.31. The van der Waals surface area contributed by atoms with Gasteiger partial charge in [-0.3, -0.25) is 9.59 Å². The molecule has 0 bridgehead atoms. The first-order valence-corrected chi connectivity index (χ1v) is 11.6. The smallest absolute Gasteiger partial charge is 0.311 e. The van der Waals surface area contributed by atoms with Crippen molar-refractivity contribution in [1.29, 1.82) is 0 Å². The number of nitrogens with zero attached hydrogens (tertiary/aromatic N) is 1. The van der Waals surface area contributed by atoms with Crippen molar-refractivity contribution in [3.05, 3.63) is 64.4 Å². The quantitative estimate of drug-likeness (QED) is 0.560. The van der Waals surface area contributed by atoms with Gasteiger partial charge in [-0.15, -0.1) is 0 Å². The van der Waals surface area contributed by atoms with Crippen molar-refractivity contribution in [2.24, 2.45) is 4.99 Å². The van der Waals surface area contributed by atoms with Crippen molar-refractivity contribution in [2.75, 3.05) is 23.0 Å². The molecular formula is C25H29N3O3S. The molecule has 0 aliphatic carbocycles. The highest BCUT2D eigenvalue weighted by Crippen LogP contribution is 2.34. The molecule has 1 amide bonds. The number of aryl methyl sites for hydroxylation is 3. The predicted octanol–water partition coefficient (Wildman–Crippen LogP) is 5.58. The number of amides is 1. The highest BCUT2D eigenvalue weighted by atomic mass is 32.2. The van der Waals surface area contributed by atoms with E-state index in [4.69, 9.17) is 9.73 Å². The van der Waals surface area contributed by atoms with Crippen molar-refractivity contribution in [3.63, 3.8) is 0 Å². The summed E-state index contributed by atoms with van der Waals surface area (Å²) in [5, 5.41) is 6.96. The number of rotatable bonds is 6. The fourth-order valence-electron chi connectivity index (χ4n) is 3.25. The molecule has 6 nitrogen and oxygen atoms in total. The Hall–Kier alpha value is -3.06. The van der Waals surface area contributed by atoms with Crippen LogP contribution in [-0.2, 0) is 14.3 Å². The molecule has 1 aliphatic rings. The predicted molar refractivity (Wildman–Crippen MR) is 133 cm³/mol. The van der Waals surface area contributed by atoms with E-state index >= 15 is 0 Å². The lowest BCUT2D eigenvalue weighted by molar-refractivity contribution is -0.142. The number of benzene rings is 2. The van der Waals surface area contributed by atoms with E-state index in [1.54, 1.807) is 6.92 Å². The molecular weight excluding hydrogens is 422 g/mol.